The molecule has 138 valence electrons. The van der Waals surface area contributed by atoms with E-state index in [1.807, 2.05) is 0 Å². The Bertz CT molecular complexity index is 786. The van der Waals surface area contributed by atoms with E-state index in [1.165, 1.54) is 13.0 Å². The molecule has 0 radical (unpaired) electrons. The molecule has 0 aromatic heterocycles. The molecule has 4 atom stereocenters. The highest BCUT2D eigenvalue weighted by Gasteiger charge is 2.50. The fourth-order valence-corrected chi connectivity index (χ4v) is 3.81. The molecule has 0 spiro atoms. The molecule has 2 heterocycles. The quantitative estimate of drug-likeness (QED) is 0.611. The van der Waals surface area contributed by atoms with Gasteiger partial charge in [0.25, 0.3) is 0 Å². The van der Waals surface area contributed by atoms with Gasteiger partial charge in [-0.3, -0.25) is 9.59 Å². The van der Waals surface area contributed by atoms with E-state index >= 15 is 0 Å². The number of ether oxygens (including phenoxy) is 2. The van der Waals surface area contributed by atoms with Gasteiger partial charge in [-0.15, -0.1) is 0 Å². The van der Waals surface area contributed by atoms with Crippen LogP contribution in [0.3, 0.4) is 0 Å². The summed E-state index contributed by atoms with van der Waals surface area (Å²) in [5.41, 5.74) is -0.187. The fourth-order valence-electron chi connectivity index (χ4n) is 3.81. The molecular weight excluding hydrogens is 336 g/mol. The highest BCUT2D eigenvalue weighted by atomic mass is 16.6. The van der Waals surface area contributed by atoms with Crippen LogP contribution in [0.15, 0.2) is 47.8 Å². The van der Waals surface area contributed by atoms with Crippen molar-refractivity contribution >= 4 is 17.5 Å². The molecule has 3 rings (SSSR count). The predicted molar refractivity (Wildman–Crippen MR) is 92.8 cm³/mol. The predicted octanol–water partition coefficient (Wildman–Crippen LogP) is 1.80. The van der Waals surface area contributed by atoms with Crippen LogP contribution in [-0.4, -0.2) is 41.0 Å². The average molecular weight is 358 g/mol. The highest BCUT2D eigenvalue weighted by Crippen LogP contribution is 2.45. The Morgan fingerprint density at radius 2 is 2.15 bits per heavy atom. The Balaban J connectivity index is 2.09. The minimum atomic E-state index is -1.23. The van der Waals surface area contributed by atoms with Gasteiger partial charge in [-0.1, -0.05) is 19.2 Å². The molecule has 0 saturated heterocycles. The molecule has 1 fully saturated rings. The first-order valence-corrected chi connectivity index (χ1v) is 8.52. The topological polar surface area (TPSA) is 89.9 Å². The Hall–Kier alpha value is -2.47. The third-order valence-corrected chi connectivity index (χ3v) is 5.26. The zero-order valence-electron chi connectivity index (χ0n) is 14.9. The smallest absolute Gasteiger partial charge is 0.333 e. The van der Waals surface area contributed by atoms with Crippen molar-refractivity contribution in [3.05, 3.63) is 47.8 Å². The van der Waals surface area contributed by atoms with Crippen LogP contribution in [0.2, 0.25) is 0 Å². The van der Waals surface area contributed by atoms with Gasteiger partial charge in [-0.05, 0) is 25.3 Å². The number of fused-ring (bicyclic) bond motifs is 3. The number of aliphatic hydroxyl groups is 1. The Morgan fingerprint density at radius 3 is 2.77 bits per heavy atom. The highest BCUT2D eigenvalue weighted by molar-refractivity contribution is 6.01. The summed E-state index contributed by atoms with van der Waals surface area (Å²) < 4.78 is 11.5. The maximum atomic E-state index is 12.5. The zero-order chi connectivity index (χ0) is 19.2. The minimum Gasteiger partial charge on any atom is -0.479 e. The second-order valence-electron chi connectivity index (χ2n) is 7.33. The summed E-state index contributed by atoms with van der Waals surface area (Å²) in [5.74, 6) is -1.42. The maximum absolute atomic E-state index is 12.5. The van der Waals surface area contributed by atoms with Gasteiger partial charge in [0.15, 0.2) is 11.4 Å². The van der Waals surface area contributed by atoms with Crippen molar-refractivity contribution in [2.24, 2.45) is 11.8 Å². The van der Waals surface area contributed by atoms with Gasteiger partial charge in [0.05, 0.1) is 6.61 Å². The molecule has 2 aliphatic heterocycles. The third-order valence-electron chi connectivity index (χ3n) is 5.26. The summed E-state index contributed by atoms with van der Waals surface area (Å²) in [4.78, 5) is 36.9. The van der Waals surface area contributed by atoms with Crippen LogP contribution in [0, 0.1) is 11.8 Å². The number of allylic oxidation sites excluding steroid dienone is 1. The summed E-state index contributed by atoms with van der Waals surface area (Å²) in [6, 6.07) is 0. The molecular formula is C20H22O6. The van der Waals surface area contributed by atoms with Gasteiger partial charge in [0.2, 0.25) is 5.78 Å². The van der Waals surface area contributed by atoms with Crippen LogP contribution < -0.4 is 0 Å². The van der Waals surface area contributed by atoms with E-state index in [-0.39, 0.29) is 42.5 Å². The van der Waals surface area contributed by atoms with Gasteiger partial charge < -0.3 is 14.6 Å². The molecule has 0 aromatic rings. The zero-order valence-corrected chi connectivity index (χ0v) is 14.9. The van der Waals surface area contributed by atoms with E-state index in [0.29, 0.717) is 16.9 Å². The van der Waals surface area contributed by atoms with Crippen molar-refractivity contribution in [3.8, 4) is 0 Å². The van der Waals surface area contributed by atoms with Crippen LogP contribution in [0.5, 0.6) is 0 Å². The summed E-state index contributed by atoms with van der Waals surface area (Å²) in [6.07, 6.45) is 2.63. The number of Topliss-reactive ketones (excluding diaryl/α,β-unsaturated/α-hetero) is 1. The molecule has 2 bridgehead atoms. The summed E-state index contributed by atoms with van der Waals surface area (Å²) >= 11 is 0. The van der Waals surface area contributed by atoms with Gasteiger partial charge in [0.1, 0.15) is 11.9 Å². The third kappa shape index (κ3) is 2.94. The fraction of sp³-hybridized carbons (Fsp3) is 0.450. The van der Waals surface area contributed by atoms with Crippen LogP contribution in [-0.2, 0) is 23.9 Å². The number of esters is 1. The Morgan fingerprint density at radius 1 is 1.46 bits per heavy atom. The van der Waals surface area contributed by atoms with Gasteiger partial charge >= 0.3 is 5.97 Å². The first kappa shape index (κ1) is 18.3. The first-order chi connectivity index (χ1) is 12.2. The van der Waals surface area contributed by atoms with E-state index < -0.39 is 23.6 Å². The summed E-state index contributed by atoms with van der Waals surface area (Å²) in [5, 5.41) is 9.72. The Kier molecular flexibility index (Phi) is 4.48. The number of aliphatic hydroxyl groups excluding tert-OH is 1. The number of hydrogen-bond acceptors (Lipinski definition) is 6. The molecule has 3 aliphatic rings. The van der Waals surface area contributed by atoms with Gasteiger partial charge in [-0.2, -0.15) is 0 Å². The molecule has 1 saturated carbocycles. The molecule has 0 aromatic carbocycles. The molecule has 1 N–H and O–H groups in total. The van der Waals surface area contributed by atoms with Crippen molar-refractivity contribution in [2.45, 2.75) is 38.4 Å². The first-order valence-electron chi connectivity index (χ1n) is 8.52. The number of rotatable bonds is 3. The molecule has 26 heavy (non-hydrogen) atoms. The van der Waals surface area contributed by atoms with Crippen molar-refractivity contribution in [3.63, 3.8) is 0 Å². The number of ketones is 2. The van der Waals surface area contributed by atoms with E-state index in [2.05, 4.69) is 13.2 Å². The lowest BCUT2D eigenvalue weighted by atomic mass is 9.81. The standard InChI is InChI=1S/C20H22O6/c1-10(2)19(24)25-16-8-20(4)17(23)7-15(26-20)13(9-21)5-12-6-14(22)11(3)18(12)16/h5,7,12,16,18,21H,1,3,6,8-9H2,2,4H3/b13-5-/t12-,16-,18-,20+/m0/s1. The van der Waals surface area contributed by atoms with E-state index in [4.69, 9.17) is 9.47 Å². The largest absolute Gasteiger partial charge is 0.479 e. The average Bonchev–Trinajstić information content (AvgIpc) is 3.01. The second-order valence-corrected chi connectivity index (χ2v) is 7.33. The maximum Gasteiger partial charge on any atom is 0.333 e. The van der Waals surface area contributed by atoms with Crippen molar-refractivity contribution in [2.75, 3.05) is 6.61 Å². The van der Waals surface area contributed by atoms with Crippen molar-refractivity contribution in [1.82, 2.24) is 0 Å². The Labute approximate surface area is 151 Å². The summed E-state index contributed by atoms with van der Waals surface area (Å²) in [7, 11) is 0. The van der Waals surface area contributed by atoms with Crippen molar-refractivity contribution < 1.29 is 29.0 Å². The van der Waals surface area contributed by atoms with E-state index in [0.717, 1.165) is 0 Å². The minimum absolute atomic E-state index is 0.0882. The van der Waals surface area contributed by atoms with Crippen LogP contribution in [0.25, 0.3) is 0 Å². The van der Waals surface area contributed by atoms with Gasteiger partial charge in [0, 0.05) is 36.0 Å². The lowest BCUT2D eigenvalue weighted by molar-refractivity contribution is -0.152. The van der Waals surface area contributed by atoms with Crippen LogP contribution in [0.4, 0.5) is 0 Å². The van der Waals surface area contributed by atoms with E-state index in [1.54, 1.807) is 13.0 Å². The van der Waals surface area contributed by atoms with Crippen molar-refractivity contribution in [1.29, 1.82) is 0 Å². The second kappa shape index (κ2) is 6.36. The molecule has 0 unspecified atom stereocenters. The van der Waals surface area contributed by atoms with Crippen LogP contribution >= 0.6 is 0 Å². The van der Waals surface area contributed by atoms with Gasteiger partial charge in [-0.25, -0.2) is 4.79 Å². The molecule has 1 aliphatic carbocycles. The number of carbonyl (C=O) groups excluding carboxylic acids is 3. The van der Waals surface area contributed by atoms with Crippen LogP contribution in [0.1, 0.15) is 26.7 Å². The lowest BCUT2D eigenvalue weighted by Crippen LogP contribution is -2.42. The number of hydrogen-bond donors (Lipinski definition) is 1. The lowest BCUT2D eigenvalue weighted by Gasteiger charge is -2.32. The summed E-state index contributed by atoms with van der Waals surface area (Å²) in [6.45, 7) is 10.3. The molecule has 6 nitrogen and oxygen atoms in total. The SMILES string of the molecule is C=C(C)C(=O)O[C@H]1C[C@@]2(C)OC(=CC2=O)/C(CO)=C\[C@H]2CC(=O)C(=C)[C@H]12. The molecule has 0 amide bonds. The number of carbonyl (C=O) groups is 3. The normalized spacial score (nSPS) is 35.3. The van der Waals surface area contributed by atoms with E-state index in [9.17, 15) is 19.5 Å². The monoisotopic (exact) mass is 358 g/mol. The molecule has 6 heteroatoms.